The van der Waals surface area contributed by atoms with Gasteiger partial charge in [-0.05, 0) is 63.7 Å². The molecule has 0 radical (unpaired) electrons. The lowest BCUT2D eigenvalue weighted by Crippen LogP contribution is -2.14. The number of para-hydroxylation sites is 1. The lowest BCUT2D eigenvalue weighted by molar-refractivity contribution is 0.660. The molecule has 0 bridgehead atoms. The third kappa shape index (κ3) is 3.62. The molecule has 0 N–H and O–H groups in total. The minimum absolute atomic E-state index is 0.0735. The third-order valence-corrected chi connectivity index (χ3v) is 9.38. The van der Waals surface area contributed by atoms with Gasteiger partial charge in [-0.25, -0.2) is 4.98 Å². The topological polar surface area (TPSA) is 38.9 Å². The zero-order chi connectivity index (χ0) is 29.4. The first kappa shape index (κ1) is 25.0. The molecule has 0 atom stereocenters. The number of rotatable bonds is 3. The predicted molar refractivity (Wildman–Crippen MR) is 181 cm³/mol. The Hall–Kier alpha value is -5.54. The summed E-state index contributed by atoms with van der Waals surface area (Å²) in [5.41, 5.74) is 13.5. The molecule has 1 aliphatic carbocycles. The molecule has 44 heavy (non-hydrogen) atoms. The van der Waals surface area contributed by atoms with E-state index in [0.717, 1.165) is 66.4 Å². The number of furan rings is 1. The van der Waals surface area contributed by atoms with Gasteiger partial charge in [-0.1, -0.05) is 105 Å². The lowest BCUT2D eigenvalue weighted by atomic mass is 9.81. The number of aromatic nitrogens is 2. The summed E-state index contributed by atoms with van der Waals surface area (Å²) in [6.45, 7) is 4.64. The Kier molecular flexibility index (Phi) is 5.24. The summed E-state index contributed by atoms with van der Waals surface area (Å²) in [5.74, 6) is 0. The van der Waals surface area contributed by atoms with Crippen molar-refractivity contribution >= 4 is 32.7 Å². The number of hydrogen-bond acceptors (Lipinski definition) is 3. The fraction of sp³-hybridized carbons (Fsp3) is 0.0732. The van der Waals surface area contributed by atoms with Crippen molar-refractivity contribution in [3.8, 4) is 44.8 Å². The molecule has 9 rings (SSSR count). The van der Waals surface area contributed by atoms with Gasteiger partial charge in [0.05, 0.1) is 11.4 Å². The molecule has 3 heterocycles. The molecule has 0 spiro atoms. The van der Waals surface area contributed by atoms with Gasteiger partial charge < -0.3 is 4.42 Å². The molecular formula is C41H28N2O. The molecule has 8 aromatic rings. The standard InChI is InChI=1S/C41H28N2O/c1-41(2)34-11-5-3-8-31(34)32-19-18-27(22-35(32)41)40-30-20-21-42-24-28(30)23-36(43-40)26-16-14-25(15-17-26)29-10-7-13-38-39(29)33-9-4-6-12-37(33)44-38/h3-24H,1-2H3. The first-order valence-electron chi connectivity index (χ1n) is 15.1. The van der Waals surface area contributed by atoms with Crippen molar-refractivity contribution in [1.29, 1.82) is 0 Å². The minimum atomic E-state index is -0.0735. The summed E-state index contributed by atoms with van der Waals surface area (Å²) < 4.78 is 6.15. The molecule has 208 valence electrons. The van der Waals surface area contributed by atoms with Crippen molar-refractivity contribution in [3.63, 3.8) is 0 Å². The maximum atomic E-state index is 6.15. The van der Waals surface area contributed by atoms with Gasteiger partial charge in [0.1, 0.15) is 11.2 Å². The zero-order valence-corrected chi connectivity index (χ0v) is 24.5. The number of pyridine rings is 2. The first-order chi connectivity index (χ1) is 21.6. The summed E-state index contributed by atoms with van der Waals surface area (Å²) in [7, 11) is 0. The van der Waals surface area contributed by atoms with Crippen molar-refractivity contribution in [2.24, 2.45) is 0 Å². The number of nitrogens with zero attached hydrogens (tertiary/aromatic N) is 2. The average Bonchev–Trinajstić information content (AvgIpc) is 3.56. The Morgan fingerprint density at radius 1 is 0.568 bits per heavy atom. The Morgan fingerprint density at radius 3 is 2.20 bits per heavy atom. The Balaban J connectivity index is 1.16. The van der Waals surface area contributed by atoms with Gasteiger partial charge in [-0.2, -0.15) is 0 Å². The van der Waals surface area contributed by atoms with E-state index in [0.29, 0.717) is 0 Å². The summed E-state index contributed by atoms with van der Waals surface area (Å²) in [4.78, 5) is 9.76. The molecule has 0 amide bonds. The summed E-state index contributed by atoms with van der Waals surface area (Å²) in [6, 6.07) is 43.1. The summed E-state index contributed by atoms with van der Waals surface area (Å²) >= 11 is 0. The van der Waals surface area contributed by atoms with Crippen LogP contribution in [0.3, 0.4) is 0 Å². The van der Waals surface area contributed by atoms with E-state index in [1.54, 1.807) is 0 Å². The fourth-order valence-electron chi connectivity index (χ4n) is 7.15. The minimum Gasteiger partial charge on any atom is -0.456 e. The predicted octanol–water partition coefficient (Wildman–Crippen LogP) is 10.8. The van der Waals surface area contributed by atoms with Crippen LogP contribution >= 0.6 is 0 Å². The van der Waals surface area contributed by atoms with Crippen LogP contribution in [0, 0.1) is 0 Å². The quantitative estimate of drug-likeness (QED) is 0.214. The van der Waals surface area contributed by atoms with Gasteiger partial charge in [0.15, 0.2) is 0 Å². The van der Waals surface area contributed by atoms with Gasteiger partial charge in [-0.15, -0.1) is 0 Å². The molecule has 0 aliphatic heterocycles. The molecular weight excluding hydrogens is 536 g/mol. The monoisotopic (exact) mass is 564 g/mol. The van der Waals surface area contributed by atoms with Gasteiger partial charge in [0, 0.05) is 50.5 Å². The molecule has 3 nitrogen and oxygen atoms in total. The number of benzene rings is 5. The van der Waals surface area contributed by atoms with Gasteiger partial charge >= 0.3 is 0 Å². The van der Waals surface area contributed by atoms with Gasteiger partial charge in [0.2, 0.25) is 0 Å². The SMILES string of the molecule is CC1(C)c2ccccc2-c2ccc(-c3nc(-c4ccc(-c5cccc6oc7ccccc7c56)cc4)cc4cnccc34)cc21. The maximum absolute atomic E-state index is 6.15. The molecule has 0 saturated heterocycles. The zero-order valence-electron chi connectivity index (χ0n) is 24.5. The number of fused-ring (bicyclic) bond motifs is 7. The van der Waals surface area contributed by atoms with Crippen LogP contribution in [0.1, 0.15) is 25.0 Å². The van der Waals surface area contributed by atoms with Gasteiger partial charge in [-0.3, -0.25) is 4.98 Å². The molecule has 0 fully saturated rings. The van der Waals surface area contributed by atoms with Crippen molar-refractivity contribution in [2.45, 2.75) is 19.3 Å². The summed E-state index contributed by atoms with van der Waals surface area (Å²) in [6.07, 6.45) is 3.80. The Labute approximate surface area is 255 Å². The van der Waals surface area contributed by atoms with E-state index in [2.05, 4.69) is 122 Å². The maximum Gasteiger partial charge on any atom is 0.136 e. The molecule has 3 heteroatoms. The van der Waals surface area contributed by atoms with Crippen molar-refractivity contribution in [3.05, 3.63) is 145 Å². The second-order valence-electron chi connectivity index (χ2n) is 12.2. The second-order valence-corrected chi connectivity index (χ2v) is 12.2. The average molecular weight is 565 g/mol. The summed E-state index contributed by atoms with van der Waals surface area (Å²) in [5, 5.41) is 4.47. The van der Waals surface area contributed by atoms with Crippen LogP contribution in [0.15, 0.2) is 138 Å². The molecule has 0 unspecified atom stereocenters. The lowest BCUT2D eigenvalue weighted by Gasteiger charge is -2.22. The molecule has 0 saturated carbocycles. The van der Waals surface area contributed by atoms with Crippen LogP contribution < -0.4 is 0 Å². The van der Waals surface area contributed by atoms with E-state index in [4.69, 9.17) is 9.40 Å². The van der Waals surface area contributed by atoms with Crippen LogP contribution in [0.5, 0.6) is 0 Å². The largest absolute Gasteiger partial charge is 0.456 e. The highest BCUT2D eigenvalue weighted by atomic mass is 16.3. The smallest absolute Gasteiger partial charge is 0.136 e. The highest BCUT2D eigenvalue weighted by molar-refractivity contribution is 6.12. The molecule has 3 aromatic heterocycles. The second kappa shape index (κ2) is 9.23. The van der Waals surface area contributed by atoms with E-state index in [1.807, 2.05) is 30.6 Å². The van der Waals surface area contributed by atoms with Gasteiger partial charge in [0.25, 0.3) is 0 Å². The van der Waals surface area contributed by atoms with Crippen molar-refractivity contribution in [2.75, 3.05) is 0 Å². The van der Waals surface area contributed by atoms with E-state index in [1.165, 1.54) is 22.3 Å². The highest BCUT2D eigenvalue weighted by Gasteiger charge is 2.35. The van der Waals surface area contributed by atoms with Crippen LogP contribution in [0.25, 0.3) is 77.5 Å². The van der Waals surface area contributed by atoms with Crippen LogP contribution in [0.2, 0.25) is 0 Å². The molecule has 1 aliphatic rings. The van der Waals surface area contributed by atoms with Crippen molar-refractivity contribution in [1.82, 2.24) is 9.97 Å². The molecule has 5 aromatic carbocycles. The van der Waals surface area contributed by atoms with Crippen LogP contribution in [-0.2, 0) is 5.41 Å². The van der Waals surface area contributed by atoms with E-state index in [-0.39, 0.29) is 5.41 Å². The first-order valence-corrected chi connectivity index (χ1v) is 15.1. The highest BCUT2D eigenvalue weighted by Crippen LogP contribution is 2.49. The normalized spacial score (nSPS) is 13.4. The Bertz CT molecular complexity index is 2410. The van der Waals surface area contributed by atoms with Crippen LogP contribution in [-0.4, -0.2) is 9.97 Å². The van der Waals surface area contributed by atoms with E-state index < -0.39 is 0 Å². The van der Waals surface area contributed by atoms with Crippen molar-refractivity contribution < 1.29 is 4.42 Å². The van der Waals surface area contributed by atoms with E-state index >= 15 is 0 Å². The Morgan fingerprint density at radius 2 is 1.30 bits per heavy atom. The number of hydrogen-bond donors (Lipinski definition) is 0. The fourth-order valence-corrected chi connectivity index (χ4v) is 7.15. The third-order valence-electron chi connectivity index (χ3n) is 9.38. The van der Waals surface area contributed by atoms with E-state index in [9.17, 15) is 0 Å². The van der Waals surface area contributed by atoms with Crippen LogP contribution in [0.4, 0.5) is 0 Å².